The number of benzene rings is 2. The average Bonchev–Trinajstić information content (AvgIpc) is 3.17. The molecule has 1 aromatic heterocycles. The second-order valence-electron chi connectivity index (χ2n) is 8.84. The molecule has 0 unspecified atom stereocenters. The number of nitrogens with zero attached hydrogens (tertiary/aromatic N) is 2. The molecule has 0 saturated carbocycles. The Labute approximate surface area is 173 Å². The molecule has 2 amide bonds. The molecule has 29 heavy (non-hydrogen) atoms. The van der Waals surface area contributed by atoms with Gasteiger partial charge in [0.25, 0.3) is 0 Å². The van der Waals surface area contributed by atoms with Crippen molar-refractivity contribution in [2.75, 3.05) is 11.9 Å². The molecule has 1 aliphatic heterocycles. The molecule has 150 valence electrons. The van der Waals surface area contributed by atoms with Gasteiger partial charge in [-0.15, -0.1) is 0 Å². The van der Waals surface area contributed by atoms with Gasteiger partial charge in [0.15, 0.2) is 0 Å². The number of amides is 2. The smallest absolute Gasteiger partial charge is 0.322 e. The van der Waals surface area contributed by atoms with Gasteiger partial charge in [0.05, 0.1) is 6.04 Å². The maximum atomic E-state index is 13.3. The van der Waals surface area contributed by atoms with Gasteiger partial charge in [-0.1, -0.05) is 63.2 Å². The van der Waals surface area contributed by atoms with Crippen LogP contribution in [-0.2, 0) is 12.0 Å². The van der Waals surface area contributed by atoms with E-state index in [4.69, 9.17) is 0 Å². The van der Waals surface area contributed by atoms with E-state index in [1.54, 1.807) is 0 Å². The third kappa shape index (κ3) is 3.80. The second-order valence-corrected chi connectivity index (χ2v) is 8.84. The Morgan fingerprint density at radius 2 is 1.69 bits per heavy atom. The first-order valence-corrected chi connectivity index (χ1v) is 10.2. The summed E-state index contributed by atoms with van der Waals surface area (Å²) in [6.45, 7) is 10.1. The lowest BCUT2D eigenvalue weighted by Gasteiger charge is -2.37. The predicted octanol–water partition coefficient (Wildman–Crippen LogP) is 5.73. The van der Waals surface area contributed by atoms with Crippen LogP contribution in [0.2, 0.25) is 0 Å². The average molecular weight is 388 g/mol. The summed E-state index contributed by atoms with van der Waals surface area (Å²) in [6.07, 6.45) is 2.10. The highest BCUT2D eigenvalue weighted by Gasteiger charge is 2.32. The minimum atomic E-state index is -0.100. The van der Waals surface area contributed by atoms with Crippen molar-refractivity contribution in [1.29, 1.82) is 0 Å². The predicted molar refractivity (Wildman–Crippen MR) is 118 cm³/mol. The van der Waals surface area contributed by atoms with Crippen LogP contribution in [0.15, 0.2) is 66.9 Å². The number of rotatable bonds is 2. The van der Waals surface area contributed by atoms with Gasteiger partial charge in [-0.3, -0.25) is 0 Å². The number of fused-ring (bicyclic) bond motifs is 1. The summed E-state index contributed by atoms with van der Waals surface area (Å²) < 4.78 is 2.25. The van der Waals surface area contributed by atoms with Crippen molar-refractivity contribution < 1.29 is 4.79 Å². The Morgan fingerprint density at radius 3 is 2.38 bits per heavy atom. The largest absolute Gasteiger partial charge is 0.348 e. The van der Waals surface area contributed by atoms with Crippen LogP contribution in [0.25, 0.3) is 0 Å². The van der Waals surface area contributed by atoms with Crippen molar-refractivity contribution >= 4 is 11.7 Å². The first-order chi connectivity index (χ1) is 13.8. The van der Waals surface area contributed by atoms with Crippen molar-refractivity contribution in [2.24, 2.45) is 0 Å². The summed E-state index contributed by atoms with van der Waals surface area (Å²) in [4.78, 5) is 15.2. The molecule has 0 fully saturated rings. The summed E-state index contributed by atoms with van der Waals surface area (Å²) in [5, 5.41) is 3.12. The Kier molecular flexibility index (Phi) is 4.95. The lowest BCUT2D eigenvalue weighted by molar-refractivity contribution is 0.182. The number of aryl methyl sites for hydroxylation is 1. The molecule has 0 saturated heterocycles. The standard InChI is InChI=1S/C25H29N3O/c1-18-8-5-6-9-21(18)26-24(29)28-17-16-27-15-7-10-22(27)23(28)19-11-13-20(14-12-19)25(2,3)4/h5-15,23H,16-17H2,1-4H3,(H,26,29)/t23-/m0/s1. The molecule has 4 nitrogen and oxygen atoms in total. The van der Waals surface area contributed by atoms with E-state index in [9.17, 15) is 4.79 Å². The van der Waals surface area contributed by atoms with Crippen LogP contribution < -0.4 is 5.32 Å². The molecular weight excluding hydrogens is 358 g/mol. The van der Waals surface area contributed by atoms with E-state index in [1.807, 2.05) is 36.1 Å². The maximum absolute atomic E-state index is 13.3. The summed E-state index contributed by atoms with van der Waals surface area (Å²) >= 11 is 0. The molecule has 0 spiro atoms. The second kappa shape index (κ2) is 7.43. The van der Waals surface area contributed by atoms with Crippen LogP contribution >= 0.6 is 0 Å². The third-order valence-corrected chi connectivity index (χ3v) is 5.78. The molecule has 0 aliphatic carbocycles. The highest BCUT2D eigenvalue weighted by atomic mass is 16.2. The fourth-order valence-corrected chi connectivity index (χ4v) is 4.02. The summed E-state index contributed by atoms with van der Waals surface area (Å²) in [7, 11) is 0. The number of carbonyl (C=O) groups is 1. The number of nitrogens with one attached hydrogen (secondary N) is 1. The van der Waals surface area contributed by atoms with Crippen molar-refractivity contribution in [3.63, 3.8) is 0 Å². The third-order valence-electron chi connectivity index (χ3n) is 5.78. The van der Waals surface area contributed by atoms with Crippen LogP contribution in [0.5, 0.6) is 0 Å². The van der Waals surface area contributed by atoms with Gasteiger partial charge >= 0.3 is 6.03 Å². The summed E-state index contributed by atoms with van der Waals surface area (Å²) in [5.41, 5.74) is 5.61. The van der Waals surface area contributed by atoms with Gasteiger partial charge in [0.1, 0.15) is 0 Å². The molecule has 3 aromatic rings. The highest BCUT2D eigenvalue weighted by Crippen LogP contribution is 2.34. The van der Waals surface area contributed by atoms with Gasteiger partial charge in [-0.05, 0) is 47.2 Å². The molecule has 0 bridgehead atoms. The molecule has 4 heteroatoms. The molecule has 1 atom stereocenters. The maximum Gasteiger partial charge on any atom is 0.322 e. The quantitative estimate of drug-likeness (QED) is 0.599. The normalized spacial score (nSPS) is 16.4. The minimum absolute atomic E-state index is 0.0587. The number of aromatic nitrogens is 1. The minimum Gasteiger partial charge on any atom is -0.348 e. The first kappa shape index (κ1) is 19.3. The van der Waals surface area contributed by atoms with Crippen LogP contribution in [0.1, 0.15) is 49.2 Å². The Hall–Kier alpha value is -3.01. The molecule has 4 rings (SSSR count). The number of hydrogen-bond donors (Lipinski definition) is 1. The molecule has 1 N–H and O–H groups in total. The van der Waals surface area contributed by atoms with Crippen LogP contribution in [0, 0.1) is 6.92 Å². The summed E-state index contributed by atoms with van der Waals surface area (Å²) in [5.74, 6) is 0. The molecule has 0 radical (unpaired) electrons. The topological polar surface area (TPSA) is 37.3 Å². The molecule has 2 aromatic carbocycles. The zero-order valence-corrected chi connectivity index (χ0v) is 17.6. The van der Waals surface area contributed by atoms with Gasteiger partial charge in [-0.2, -0.15) is 0 Å². The fourth-order valence-electron chi connectivity index (χ4n) is 4.02. The van der Waals surface area contributed by atoms with Crippen molar-refractivity contribution in [3.8, 4) is 0 Å². The first-order valence-electron chi connectivity index (χ1n) is 10.2. The van der Waals surface area contributed by atoms with Crippen molar-refractivity contribution in [3.05, 3.63) is 89.2 Å². The Morgan fingerprint density at radius 1 is 0.966 bits per heavy atom. The van der Waals surface area contributed by atoms with Gasteiger partial charge in [-0.25, -0.2) is 4.79 Å². The van der Waals surface area contributed by atoms with E-state index in [0.717, 1.165) is 29.1 Å². The zero-order chi connectivity index (χ0) is 20.6. The van der Waals surface area contributed by atoms with E-state index in [1.165, 1.54) is 5.56 Å². The number of urea groups is 1. The molecule has 1 aliphatic rings. The SMILES string of the molecule is Cc1ccccc1NC(=O)N1CCn2cccc2[C@@H]1c1ccc(C(C)(C)C)cc1. The van der Waals surface area contributed by atoms with Gasteiger partial charge < -0.3 is 14.8 Å². The number of carbonyl (C=O) groups excluding carboxylic acids is 1. The number of anilines is 1. The molecule has 2 heterocycles. The lowest BCUT2D eigenvalue weighted by Crippen LogP contribution is -2.44. The van der Waals surface area contributed by atoms with Crippen LogP contribution in [0.3, 0.4) is 0 Å². The van der Waals surface area contributed by atoms with Gasteiger partial charge in [0, 0.05) is 30.7 Å². The Balaban J connectivity index is 1.68. The Bertz CT molecular complexity index is 1010. The monoisotopic (exact) mass is 387 g/mol. The van der Waals surface area contributed by atoms with Crippen molar-refractivity contribution in [1.82, 2.24) is 9.47 Å². The van der Waals surface area contributed by atoms with E-state index in [2.05, 4.69) is 73.3 Å². The van der Waals surface area contributed by atoms with Crippen LogP contribution in [0.4, 0.5) is 10.5 Å². The van der Waals surface area contributed by atoms with E-state index in [0.29, 0.717) is 6.54 Å². The van der Waals surface area contributed by atoms with Crippen molar-refractivity contribution in [2.45, 2.75) is 45.7 Å². The fraction of sp³-hybridized carbons (Fsp3) is 0.320. The highest BCUT2D eigenvalue weighted by molar-refractivity contribution is 5.90. The summed E-state index contributed by atoms with van der Waals surface area (Å²) in [6, 6.07) is 20.6. The van der Waals surface area contributed by atoms with E-state index in [-0.39, 0.29) is 17.5 Å². The van der Waals surface area contributed by atoms with E-state index < -0.39 is 0 Å². The molecular formula is C25H29N3O. The zero-order valence-electron chi connectivity index (χ0n) is 17.6. The van der Waals surface area contributed by atoms with Gasteiger partial charge in [0.2, 0.25) is 0 Å². The number of para-hydroxylation sites is 1. The lowest BCUT2D eigenvalue weighted by atomic mass is 9.86. The van der Waals surface area contributed by atoms with E-state index >= 15 is 0 Å². The van der Waals surface area contributed by atoms with Crippen LogP contribution in [-0.4, -0.2) is 22.0 Å². The number of hydrogen-bond acceptors (Lipinski definition) is 1.